The number of benzene rings is 1. The third kappa shape index (κ3) is 3.03. The van der Waals surface area contributed by atoms with Crippen molar-refractivity contribution < 1.29 is 4.74 Å². The molecule has 0 aliphatic heterocycles. The second kappa shape index (κ2) is 6.39. The van der Waals surface area contributed by atoms with Crippen molar-refractivity contribution >= 4 is 22.6 Å². The van der Waals surface area contributed by atoms with Crippen molar-refractivity contribution in [3.8, 4) is 17.1 Å². The molecule has 1 aromatic carbocycles. The number of aromatic nitrogens is 2. The van der Waals surface area contributed by atoms with Gasteiger partial charge in [-0.25, -0.2) is 4.98 Å². The van der Waals surface area contributed by atoms with E-state index in [1.54, 1.807) is 7.11 Å². The predicted molar refractivity (Wildman–Crippen MR) is 88.3 cm³/mol. The standard InChI is InChI=1S/C15H17IN2O2/c1-4-5-11-13(16)15(19)18-14(17-11)10-6-7-12(20-3)9(2)8-10/h6-8H,4-5H2,1-3H3,(H,17,18,19). The molecule has 1 N–H and O–H groups in total. The maximum atomic E-state index is 12.0. The van der Waals surface area contributed by atoms with Crippen molar-refractivity contribution in [1.29, 1.82) is 0 Å². The Morgan fingerprint density at radius 2 is 2.15 bits per heavy atom. The number of ether oxygens (including phenoxy) is 1. The molecule has 2 aromatic rings. The molecule has 0 radical (unpaired) electrons. The first-order chi connectivity index (χ1) is 9.56. The largest absolute Gasteiger partial charge is 0.496 e. The first-order valence-corrected chi connectivity index (χ1v) is 7.58. The van der Waals surface area contributed by atoms with Gasteiger partial charge in [0.2, 0.25) is 0 Å². The van der Waals surface area contributed by atoms with Crippen molar-refractivity contribution in [2.24, 2.45) is 0 Å². The highest BCUT2D eigenvalue weighted by Crippen LogP contribution is 2.24. The lowest BCUT2D eigenvalue weighted by atomic mass is 10.1. The van der Waals surface area contributed by atoms with Crippen molar-refractivity contribution in [1.82, 2.24) is 9.97 Å². The Morgan fingerprint density at radius 3 is 2.75 bits per heavy atom. The number of hydrogen-bond acceptors (Lipinski definition) is 3. The van der Waals surface area contributed by atoms with Gasteiger partial charge in [-0.2, -0.15) is 0 Å². The maximum absolute atomic E-state index is 12.0. The zero-order chi connectivity index (χ0) is 14.7. The Balaban J connectivity index is 2.52. The van der Waals surface area contributed by atoms with Gasteiger partial charge < -0.3 is 9.72 Å². The molecule has 0 atom stereocenters. The first kappa shape index (κ1) is 15.0. The number of rotatable bonds is 4. The van der Waals surface area contributed by atoms with Crippen LogP contribution in [0, 0.1) is 10.5 Å². The van der Waals surface area contributed by atoms with Crippen LogP contribution in [0.5, 0.6) is 5.75 Å². The average Bonchev–Trinajstić information content (AvgIpc) is 2.43. The van der Waals surface area contributed by atoms with Crippen LogP contribution in [0.15, 0.2) is 23.0 Å². The van der Waals surface area contributed by atoms with Crippen LogP contribution in [-0.4, -0.2) is 17.1 Å². The van der Waals surface area contributed by atoms with Crippen molar-refractivity contribution in [2.75, 3.05) is 7.11 Å². The molecule has 4 nitrogen and oxygen atoms in total. The molecule has 0 amide bonds. The predicted octanol–water partition coefficient (Wildman–Crippen LogP) is 3.31. The number of aryl methyl sites for hydroxylation is 2. The van der Waals surface area contributed by atoms with E-state index in [2.05, 4.69) is 39.5 Å². The fourth-order valence-corrected chi connectivity index (χ4v) is 2.60. The van der Waals surface area contributed by atoms with Gasteiger partial charge in [-0.3, -0.25) is 4.79 Å². The van der Waals surface area contributed by atoms with Crippen LogP contribution >= 0.6 is 22.6 Å². The van der Waals surface area contributed by atoms with Crippen molar-refractivity contribution in [3.63, 3.8) is 0 Å². The Hall–Kier alpha value is -1.37. The van der Waals surface area contributed by atoms with Gasteiger partial charge in [0.15, 0.2) is 0 Å². The Kier molecular flexibility index (Phi) is 4.80. The van der Waals surface area contributed by atoms with E-state index in [-0.39, 0.29) is 5.56 Å². The monoisotopic (exact) mass is 384 g/mol. The Labute approximate surface area is 131 Å². The van der Waals surface area contributed by atoms with Crippen LogP contribution in [0.4, 0.5) is 0 Å². The highest BCUT2D eigenvalue weighted by Gasteiger charge is 2.10. The SMILES string of the molecule is CCCc1nc(-c2ccc(OC)c(C)c2)[nH]c(=O)c1I. The molecule has 0 spiro atoms. The summed E-state index contributed by atoms with van der Waals surface area (Å²) in [5, 5.41) is 0. The van der Waals surface area contributed by atoms with Gasteiger partial charge in [0.05, 0.1) is 16.4 Å². The molecular formula is C15H17IN2O2. The third-order valence-corrected chi connectivity index (χ3v) is 4.20. The molecular weight excluding hydrogens is 367 g/mol. The summed E-state index contributed by atoms with van der Waals surface area (Å²) in [5.74, 6) is 1.44. The molecule has 106 valence electrons. The topological polar surface area (TPSA) is 55.0 Å². The van der Waals surface area contributed by atoms with Gasteiger partial charge in [-0.15, -0.1) is 0 Å². The van der Waals surface area contributed by atoms with Crippen LogP contribution in [0.2, 0.25) is 0 Å². The van der Waals surface area contributed by atoms with Crippen LogP contribution in [0.3, 0.4) is 0 Å². The van der Waals surface area contributed by atoms with Gasteiger partial charge in [0.1, 0.15) is 11.6 Å². The number of hydrogen-bond donors (Lipinski definition) is 1. The van der Waals surface area contributed by atoms with E-state index in [4.69, 9.17) is 4.74 Å². The van der Waals surface area contributed by atoms with Crippen LogP contribution in [0.25, 0.3) is 11.4 Å². The molecule has 0 aliphatic carbocycles. The highest BCUT2D eigenvalue weighted by molar-refractivity contribution is 14.1. The summed E-state index contributed by atoms with van der Waals surface area (Å²) in [5.41, 5.74) is 2.70. The number of H-pyrrole nitrogens is 1. The van der Waals surface area contributed by atoms with E-state index in [0.29, 0.717) is 9.39 Å². The molecule has 0 fully saturated rings. The van der Waals surface area contributed by atoms with Crippen molar-refractivity contribution in [2.45, 2.75) is 26.7 Å². The van der Waals surface area contributed by atoms with Gasteiger partial charge in [0.25, 0.3) is 5.56 Å². The van der Waals surface area contributed by atoms with Gasteiger partial charge >= 0.3 is 0 Å². The Morgan fingerprint density at radius 1 is 1.40 bits per heavy atom. The fourth-order valence-electron chi connectivity index (χ4n) is 2.07. The summed E-state index contributed by atoms with van der Waals surface area (Å²) in [6.07, 6.45) is 1.78. The molecule has 0 aliphatic rings. The van der Waals surface area contributed by atoms with Crippen LogP contribution in [0.1, 0.15) is 24.6 Å². The smallest absolute Gasteiger partial charge is 0.264 e. The van der Waals surface area contributed by atoms with Crippen LogP contribution < -0.4 is 10.3 Å². The number of nitrogens with zero attached hydrogens (tertiary/aromatic N) is 1. The molecule has 0 saturated heterocycles. The molecule has 1 heterocycles. The molecule has 0 unspecified atom stereocenters. The number of halogens is 1. The Bertz CT molecular complexity index is 680. The quantitative estimate of drug-likeness (QED) is 0.823. The number of methoxy groups -OCH3 is 1. The van der Waals surface area contributed by atoms with Gasteiger partial charge in [-0.1, -0.05) is 13.3 Å². The second-order valence-corrected chi connectivity index (χ2v) is 5.69. The van der Waals surface area contributed by atoms with Gasteiger partial charge in [0, 0.05) is 5.56 Å². The molecule has 5 heteroatoms. The summed E-state index contributed by atoms with van der Waals surface area (Å²) in [4.78, 5) is 19.4. The molecule has 2 rings (SSSR count). The van der Waals surface area contributed by atoms with E-state index in [0.717, 1.165) is 35.4 Å². The van der Waals surface area contributed by atoms with E-state index in [1.807, 2.05) is 25.1 Å². The summed E-state index contributed by atoms with van der Waals surface area (Å²) in [6.45, 7) is 4.05. The summed E-state index contributed by atoms with van der Waals surface area (Å²) >= 11 is 2.06. The zero-order valence-electron chi connectivity index (χ0n) is 11.8. The molecule has 0 bridgehead atoms. The zero-order valence-corrected chi connectivity index (χ0v) is 13.9. The highest BCUT2D eigenvalue weighted by atomic mass is 127. The normalized spacial score (nSPS) is 10.6. The number of aromatic amines is 1. The number of nitrogens with one attached hydrogen (secondary N) is 1. The van der Waals surface area contributed by atoms with E-state index < -0.39 is 0 Å². The summed E-state index contributed by atoms with van der Waals surface area (Å²) in [7, 11) is 1.65. The summed E-state index contributed by atoms with van der Waals surface area (Å²) in [6, 6.07) is 5.77. The molecule has 1 aromatic heterocycles. The minimum absolute atomic E-state index is 0.0764. The van der Waals surface area contributed by atoms with Crippen LogP contribution in [-0.2, 0) is 6.42 Å². The third-order valence-electron chi connectivity index (χ3n) is 3.09. The van der Waals surface area contributed by atoms with E-state index in [1.165, 1.54) is 0 Å². The lowest BCUT2D eigenvalue weighted by Crippen LogP contribution is -2.16. The second-order valence-electron chi connectivity index (χ2n) is 4.61. The van der Waals surface area contributed by atoms with Crippen molar-refractivity contribution in [3.05, 3.63) is 43.4 Å². The lowest BCUT2D eigenvalue weighted by Gasteiger charge is -2.09. The van der Waals surface area contributed by atoms with E-state index >= 15 is 0 Å². The summed E-state index contributed by atoms with van der Waals surface area (Å²) < 4.78 is 5.93. The molecule has 20 heavy (non-hydrogen) atoms. The van der Waals surface area contributed by atoms with Gasteiger partial charge in [-0.05, 0) is 59.7 Å². The minimum atomic E-state index is -0.0764. The lowest BCUT2D eigenvalue weighted by molar-refractivity contribution is 0.412. The fraction of sp³-hybridized carbons (Fsp3) is 0.333. The molecule has 0 saturated carbocycles. The first-order valence-electron chi connectivity index (χ1n) is 6.50. The minimum Gasteiger partial charge on any atom is -0.496 e. The maximum Gasteiger partial charge on any atom is 0.264 e. The average molecular weight is 384 g/mol. The van der Waals surface area contributed by atoms with E-state index in [9.17, 15) is 4.79 Å².